The third kappa shape index (κ3) is 5.03. The highest BCUT2D eigenvalue weighted by Crippen LogP contribution is 2.26. The van der Waals surface area contributed by atoms with Gasteiger partial charge in [-0.2, -0.15) is 0 Å². The Morgan fingerprint density at radius 1 is 0.879 bits per heavy atom. The summed E-state index contributed by atoms with van der Waals surface area (Å²) in [4.78, 5) is 15.3. The summed E-state index contributed by atoms with van der Waals surface area (Å²) >= 11 is 0. The van der Waals surface area contributed by atoms with E-state index in [1.165, 1.54) is 18.9 Å². The van der Waals surface area contributed by atoms with E-state index in [2.05, 4.69) is 14.9 Å². The van der Waals surface area contributed by atoms with Gasteiger partial charge in [-0.25, -0.2) is 8.42 Å². The van der Waals surface area contributed by atoms with Crippen LogP contribution < -0.4 is 14.9 Å². The van der Waals surface area contributed by atoms with Crippen LogP contribution in [-0.2, 0) is 10.0 Å². The molecule has 3 aromatic rings. The zero-order valence-corrected chi connectivity index (χ0v) is 20.0. The summed E-state index contributed by atoms with van der Waals surface area (Å²) in [5.74, 6) is -0.355. The van der Waals surface area contributed by atoms with Crippen LogP contribution in [-0.4, -0.2) is 27.4 Å². The standard InChI is InChI=1S/C26H29N3O3S/c1-18-7-6-8-24(20(18)3)28-33(31,32)25-17-21(10-9-19(25)2)26(30)27-22-11-13-23(14-12-22)29-15-4-5-16-29/h6-14,17,28H,4-5,15-16H2,1-3H3,(H,27,30). The molecule has 4 rings (SSSR count). The first kappa shape index (κ1) is 22.9. The first-order chi connectivity index (χ1) is 15.7. The molecule has 1 saturated heterocycles. The molecule has 2 N–H and O–H groups in total. The van der Waals surface area contributed by atoms with Crippen LogP contribution in [0.3, 0.4) is 0 Å². The zero-order chi connectivity index (χ0) is 23.6. The average Bonchev–Trinajstić information content (AvgIpc) is 3.32. The normalized spacial score (nSPS) is 13.7. The van der Waals surface area contributed by atoms with Gasteiger partial charge in [-0.15, -0.1) is 0 Å². The molecular formula is C26H29N3O3S. The number of sulfonamides is 1. The minimum atomic E-state index is -3.86. The van der Waals surface area contributed by atoms with Gasteiger partial charge in [-0.3, -0.25) is 9.52 Å². The molecule has 6 nitrogen and oxygen atoms in total. The lowest BCUT2D eigenvalue weighted by molar-refractivity contribution is 0.102. The summed E-state index contributed by atoms with van der Waals surface area (Å²) in [6, 6.07) is 17.9. The number of hydrogen-bond donors (Lipinski definition) is 2. The number of anilines is 3. The summed E-state index contributed by atoms with van der Waals surface area (Å²) < 4.78 is 28.9. The molecule has 1 aliphatic rings. The van der Waals surface area contributed by atoms with Gasteiger partial charge in [0.1, 0.15) is 0 Å². The number of hydrogen-bond acceptors (Lipinski definition) is 4. The SMILES string of the molecule is Cc1ccc(C(=O)Nc2ccc(N3CCCC3)cc2)cc1S(=O)(=O)Nc1cccc(C)c1C. The number of rotatable bonds is 6. The Morgan fingerprint density at radius 2 is 1.58 bits per heavy atom. The van der Waals surface area contributed by atoms with E-state index in [0.717, 1.165) is 29.9 Å². The van der Waals surface area contributed by atoms with Gasteiger partial charge >= 0.3 is 0 Å². The highest BCUT2D eigenvalue weighted by molar-refractivity contribution is 7.92. The number of nitrogens with one attached hydrogen (secondary N) is 2. The minimum Gasteiger partial charge on any atom is -0.372 e. The maximum absolute atomic E-state index is 13.1. The van der Waals surface area contributed by atoms with Crippen molar-refractivity contribution < 1.29 is 13.2 Å². The van der Waals surface area contributed by atoms with Crippen molar-refractivity contribution in [2.24, 2.45) is 0 Å². The van der Waals surface area contributed by atoms with E-state index in [1.54, 1.807) is 25.1 Å². The molecule has 33 heavy (non-hydrogen) atoms. The van der Waals surface area contributed by atoms with Crippen LogP contribution in [0.25, 0.3) is 0 Å². The second kappa shape index (κ2) is 9.27. The van der Waals surface area contributed by atoms with Crippen LogP contribution in [0.15, 0.2) is 65.6 Å². The fraction of sp³-hybridized carbons (Fsp3) is 0.269. The van der Waals surface area contributed by atoms with Crippen molar-refractivity contribution >= 4 is 33.0 Å². The Bertz CT molecular complexity index is 1280. The lowest BCUT2D eigenvalue weighted by atomic mass is 10.1. The predicted molar refractivity (Wildman–Crippen MR) is 134 cm³/mol. The highest BCUT2D eigenvalue weighted by Gasteiger charge is 2.20. The molecule has 1 amide bonds. The van der Waals surface area contributed by atoms with E-state index in [4.69, 9.17) is 0 Å². The topological polar surface area (TPSA) is 78.5 Å². The van der Waals surface area contributed by atoms with E-state index >= 15 is 0 Å². The van der Waals surface area contributed by atoms with Gasteiger partial charge in [0.2, 0.25) is 0 Å². The zero-order valence-electron chi connectivity index (χ0n) is 19.2. The van der Waals surface area contributed by atoms with Crippen molar-refractivity contribution in [3.63, 3.8) is 0 Å². The first-order valence-electron chi connectivity index (χ1n) is 11.1. The monoisotopic (exact) mass is 463 g/mol. The van der Waals surface area contributed by atoms with Crippen molar-refractivity contribution in [3.8, 4) is 0 Å². The highest BCUT2D eigenvalue weighted by atomic mass is 32.2. The Morgan fingerprint density at radius 3 is 2.27 bits per heavy atom. The number of carbonyl (C=O) groups is 1. The maximum atomic E-state index is 13.1. The van der Waals surface area contributed by atoms with Gasteiger partial charge in [0.05, 0.1) is 10.6 Å². The van der Waals surface area contributed by atoms with Crippen LogP contribution >= 0.6 is 0 Å². The van der Waals surface area contributed by atoms with Crippen LogP contribution in [0.5, 0.6) is 0 Å². The Balaban J connectivity index is 1.53. The molecule has 1 fully saturated rings. The van der Waals surface area contributed by atoms with Gasteiger partial charge in [-0.05, 0) is 92.8 Å². The maximum Gasteiger partial charge on any atom is 0.262 e. The van der Waals surface area contributed by atoms with Gasteiger partial charge in [0.25, 0.3) is 15.9 Å². The number of carbonyl (C=O) groups excluding carboxylic acids is 1. The van der Waals surface area contributed by atoms with Gasteiger partial charge in [0, 0.05) is 30.0 Å². The molecule has 7 heteroatoms. The number of amides is 1. The van der Waals surface area contributed by atoms with E-state index in [1.807, 2.05) is 50.2 Å². The first-order valence-corrected chi connectivity index (χ1v) is 12.6. The number of nitrogens with zero attached hydrogens (tertiary/aromatic N) is 1. The van der Waals surface area contributed by atoms with Crippen molar-refractivity contribution in [2.75, 3.05) is 28.0 Å². The fourth-order valence-electron chi connectivity index (χ4n) is 4.03. The largest absolute Gasteiger partial charge is 0.372 e. The molecule has 1 heterocycles. The molecule has 1 aliphatic heterocycles. The van der Waals surface area contributed by atoms with E-state index in [0.29, 0.717) is 16.9 Å². The van der Waals surface area contributed by atoms with E-state index in [-0.39, 0.29) is 16.4 Å². The Kier molecular flexibility index (Phi) is 6.42. The predicted octanol–water partition coefficient (Wildman–Crippen LogP) is 5.27. The summed E-state index contributed by atoms with van der Waals surface area (Å²) in [5, 5.41) is 2.87. The van der Waals surface area contributed by atoms with Gasteiger partial charge in [0.15, 0.2) is 0 Å². The second-order valence-electron chi connectivity index (χ2n) is 8.53. The molecule has 0 aliphatic carbocycles. The Hall–Kier alpha value is -3.32. The third-order valence-corrected chi connectivity index (χ3v) is 7.69. The molecule has 0 atom stereocenters. The smallest absolute Gasteiger partial charge is 0.262 e. The van der Waals surface area contributed by atoms with Crippen molar-refractivity contribution in [1.29, 1.82) is 0 Å². The lowest BCUT2D eigenvalue weighted by Gasteiger charge is -2.18. The van der Waals surface area contributed by atoms with Crippen molar-refractivity contribution in [3.05, 3.63) is 82.9 Å². The lowest BCUT2D eigenvalue weighted by Crippen LogP contribution is -2.18. The molecule has 0 aromatic heterocycles. The minimum absolute atomic E-state index is 0.0837. The molecular weight excluding hydrogens is 434 g/mol. The van der Waals surface area contributed by atoms with Gasteiger partial charge in [-0.1, -0.05) is 18.2 Å². The van der Waals surface area contributed by atoms with Crippen molar-refractivity contribution in [2.45, 2.75) is 38.5 Å². The van der Waals surface area contributed by atoms with Crippen LogP contribution in [0.2, 0.25) is 0 Å². The molecule has 0 unspecified atom stereocenters. The second-order valence-corrected chi connectivity index (χ2v) is 10.2. The molecule has 172 valence electrons. The van der Waals surface area contributed by atoms with E-state index < -0.39 is 10.0 Å². The summed E-state index contributed by atoms with van der Waals surface area (Å²) in [7, 11) is -3.86. The Labute approximate surface area is 195 Å². The summed E-state index contributed by atoms with van der Waals surface area (Å²) in [6.45, 7) is 7.64. The molecule has 0 radical (unpaired) electrons. The van der Waals surface area contributed by atoms with Crippen LogP contribution in [0, 0.1) is 20.8 Å². The summed E-state index contributed by atoms with van der Waals surface area (Å²) in [6.07, 6.45) is 2.41. The third-order valence-electron chi connectivity index (χ3n) is 6.19. The van der Waals surface area contributed by atoms with E-state index in [9.17, 15) is 13.2 Å². The number of aryl methyl sites for hydroxylation is 2. The number of benzene rings is 3. The van der Waals surface area contributed by atoms with Crippen LogP contribution in [0.4, 0.5) is 17.1 Å². The average molecular weight is 464 g/mol. The molecule has 0 saturated carbocycles. The van der Waals surface area contributed by atoms with Crippen LogP contribution in [0.1, 0.15) is 39.9 Å². The molecule has 0 bridgehead atoms. The molecule has 0 spiro atoms. The van der Waals surface area contributed by atoms with Crippen molar-refractivity contribution in [1.82, 2.24) is 0 Å². The molecule has 3 aromatic carbocycles. The fourth-order valence-corrected chi connectivity index (χ4v) is 5.42. The quantitative estimate of drug-likeness (QED) is 0.522. The van der Waals surface area contributed by atoms with Gasteiger partial charge < -0.3 is 10.2 Å². The summed E-state index contributed by atoms with van der Waals surface area (Å²) in [5.41, 5.74) is 5.06.